The molecular formula is C11H16N4O3. The van der Waals surface area contributed by atoms with E-state index in [-0.39, 0.29) is 11.8 Å². The number of nitro groups is 1. The van der Waals surface area contributed by atoms with Crippen LogP contribution in [0.4, 0.5) is 17.1 Å². The van der Waals surface area contributed by atoms with Gasteiger partial charge in [0.05, 0.1) is 11.0 Å². The van der Waals surface area contributed by atoms with Gasteiger partial charge in [-0.15, -0.1) is 0 Å². The first-order chi connectivity index (χ1) is 8.63. The fourth-order valence-corrected chi connectivity index (χ4v) is 2.20. The Morgan fingerprint density at radius 2 is 2.11 bits per heavy atom. The quantitative estimate of drug-likeness (QED) is 0.418. The zero-order chi connectivity index (χ0) is 13.1. The number of nitrogen functional groups attached to an aromatic ring is 1. The van der Waals surface area contributed by atoms with Crippen LogP contribution in [0.1, 0.15) is 12.8 Å². The van der Waals surface area contributed by atoms with Crippen LogP contribution in [0.15, 0.2) is 18.2 Å². The van der Waals surface area contributed by atoms with Gasteiger partial charge in [-0.2, -0.15) is 0 Å². The summed E-state index contributed by atoms with van der Waals surface area (Å²) in [7, 11) is 0. The van der Waals surface area contributed by atoms with Crippen LogP contribution in [0.3, 0.4) is 0 Å². The lowest BCUT2D eigenvalue weighted by Gasteiger charge is -2.31. The van der Waals surface area contributed by atoms with Crippen molar-refractivity contribution in [2.45, 2.75) is 18.9 Å². The van der Waals surface area contributed by atoms with E-state index in [2.05, 4.69) is 5.43 Å². The molecule has 1 heterocycles. The van der Waals surface area contributed by atoms with Crippen molar-refractivity contribution in [2.24, 2.45) is 5.84 Å². The number of rotatable bonds is 3. The van der Waals surface area contributed by atoms with E-state index in [1.165, 1.54) is 0 Å². The van der Waals surface area contributed by atoms with Gasteiger partial charge in [0.1, 0.15) is 11.4 Å². The van der Waals surface area contributed by atoms with Crippen LogP contribution in [0.25, 0.3) is 0 Å². The van der Waals surface area contributed by atoms with Crippen molar-refractivity contribution < 1.29 is 10.0 Å². The molecule has 0 radical (unpaired) electrons. The largest absolute Gasteiger partial charge is 0.393 e. The molecule has 1 fully saturated rings. The van der Waals surface area contributed by atoms with Crippen molar-refractivity contribution in [1.29, 1.82) is 0 Å². The van der Waals surface area contributed by atoms with E-state index in [4.69, 9.17) is 5.84 Å². The molecule has 0 saturated carbocycles. The second-order valence-electron chi connectivity index (χ2n) is 4.29. The van der Waals surface area contributed by atoms with Gasteiger partial charge in [-0.3, -0.25) is 16.0 Å². The van der Waals surface area contributed by atoms with E-state index in [0.717, 1.165) is 0 Å². The molecule has 0 bridgehead atoms. The number of piperidine rings is 1. The average molecular weight is 252 g/mol. The van der Waals surface area contributed by atoms with Gasteiger partial charge in [0.2, 0.25) is 0 Å². The van der Waals surface area contributed by atoms with E-state index in [1.54, 1.807) is 18.2 Å². The second-order valence-corrected chi connectivity index (χ2v) is 4.29. The van der Waals surface area contributed by atoms with E-state index in [1.807, 2.05) is 4.90 Å². The van der Waals surface area contributed by atoms with Crippen LogP contribution in [0.2, 0.25) is 0 Å². The summed E-state index contributed by atoms with van der Waals surface area (Å²) in [5.74, 6) is 5.30. The summed E-state index contributed by atoms with van der Waals surface area (Å²) in [6, 6.07) is 5.00. The van der Waals surface area contributed by atoms with Crippen LogP contribution >= 0.6 is 0 Å². The highest BCUT2D eigenvalue weighted by atomic mass is 16.6. The molecule has 4 N–H and O–H groups in total. The first-order valence-corrected chi connectivity index (χ1v) is 5.80. The molecule has 0 amide bonds. The molecule has 18 heavy (non-hydrogen) atoms. The van der Waals surface area contributed by atoms with Crippen molar-refractivity contribution in [3.05, 3.63) is 28.3 Å². The third-order valence-corrected chi connectivity index (χ3v) is 3.16. The number of nitrogens with zero attached hydrogens (tertiary/aromatic N) is 2. The molecule has 0 aromatic heterocycles. The van der Waals surface area contributed by atoms with Crippen LogP contribution in [0, 0.1) is 10.1 Å². The number of benzene rings is 1. The van der Waals surface area contributed by atoms with Gasteiger partial charge >= 0.3 is 5.69 Å². The third-order valence-electron chi connectivity index (χ3n) is 3.16. The second kappa shape index (κ2) is 5.19. The molecule has 7 nitrogen and oxygen atoms in total. The number of nitrogens with one attached hydrogen (secondary N) is 1. The zero-order valence-corrected chi connectivity index (χ0v) is 9.87. The van der Waals surface area contributed by atoms with Gasteiger partial charge in [-0.25, -0.2) is 0 Å². The molecule has 1 aliphatic rings. The van der Waals surface area contributed by atoms with Gasteiger partial charge in [-0.1, -0.05) is 6.07 Å². The number of anilines is 2. The average Bonchev–Trinajstić information content (AvgIpc) is 2.38. The fraction of sp³-hybridized carbons (Fsp3) is 0.455. The molecule has 7 heteroatoms. The van der Waals surface area contributed by atoms with Gasteiger partial charge in [0.25, 0.3) is 0 Å². The summed E-state index contributed by atoms with van der Waals surface area (Å²) >= 11 is 0. The molecule has 0 spiro atoms. The fourth-order valence-electron chi connectivity index (χ4n) is 2.20. The van der Waals surface area contributed by atoms with E-state index < -0.39 is 4.92 Å². The minimum absolute atomic E-state index is 0.0172. The number of nitro benzene ring substituents is 1. The number of hydrogen-bond donors (Lipinski definition) is 3. The topological polar surface area (TPSA) is 105 Å². The molecule has 1 aliphatic heterocycles. The number of aliphatic hydroxyl groups excluding tert-OH is 1. The van der Waals surface area contributed by atoms with E-state index in [9.17, 15) is 15.2 Å². The Balaban J connectivity index is 2.35. The number of para-hydroxylation sites is 1. The highest BCUT2D eigenvalue weighted by Crippen LogP contribution is 2.36. The molecule has 1 aromatic carbocycles. The van der Waals surface area contributed by atoms with Crippen LogP contribution in [0.5, 0.6) is 0 Å². The standard InChI is InChI=1S/C11H16N4O3/c12-13-9-2-1-3-10(11(9)15(17)18)14-6-4-8(16)5-7-14/h1-3,8,13,16H,4-7,12H2. The Bertz CT molecular complexity index is 444. The minimum Gasteiger partial charge on any atom is -0.393 e. The summed E-state index contributed by atoms with van der Waals surface area (Å²) in [5.41, 5.74) is 3.17. The predicted molar refractivity (Wildman–Crippen MR) is 68.4 cm³/mol. The lowest BCUT2D eigenvalue weighted by molar-refractivity contribution is -0.383. The van der Waals surface area contributed by atoms with Crippen molar-refractivity contribution >= 4 is 17.1 Å². The maximum Gasteiger partial charge on any atom is 0.316 e. The summed E-state index contributed by atoms with van der Waals surface area (Å²) in [6.45, 7) is 1.21. The number of aliphatic hydroxyl groups is 1. The van der Waals surface area contributed by atoms with Gasteiger partial charge in [0.15, 0.2) is 0 Å². The Hall–Kier alpha value is -1.86. The Kier molecular flexibility index (Phi) is 3.63. The maximum atomic E-state index is 11.1. The molecule has 1 aromatic rings. The monoisotopic (exact) mass is 252 g/mol. The molecule has 1 saturated heterocycles. The summed E-state index contributed by atoms with van der Waals surface area (Å²) in [6.07, 6.45) is 0.936. The molecule has 0 atom stereocenters. The molecule has 2 rings (SSSR count). The summed E-state index contributed by atoms with van der Waals surface area (Å²) in [5, 5.41) is 20.6. The number of hydrogen-bond acceptors (Lipinski definition) is 6. The Morgan fingerprint density at radius 1 is 1.44 bits per heavy atom. The molecule has 0 aliphatic carbocycles. The van der Waals surface area contributed by atoms with Gasteiger partial charge in [-0.05, 0) is 25.0 Å². The molecule has 0 unspecified atom stereocenters. The smallest absolute Gasteiger partial charge is 0.316 e. The van der Waals surface area contributed by atoms with E-state index >= 15 is 0 Å². The van der Waals surface area contributed by atoms with Crippen molar-refractivity contribution in [1.82, 2.24) is 0 Å². The lowest BCUT2D eigenvalue weighted by atomic mass is 10.1. The summed E-state index contributed by atoms with van der Waals surface area (Å²) < 4.78 is 0. The predicted octanol–water partition coefficient (Wildman–Crippen LogP) is 0.841. The summed E-state index contributed by atoms with van der Waals surface area (Å²) in [4.78, 5) is 12.6. The molecular weight excluding hydrogens is 236 g/mol. The first-order valence-electron chi connectivity index (χ1n) is 5.80. The minimum atomic E-state index is -0.435. The first kappa shape index (κ1) is 12.6. The van der Waals surface area contributed by atoms with Crippen LogP contribution in [-0.2, 0) is 0 Å². The highest BCUT2D eigenvalue weighted by molar-refractivity contribution is 5.76. The van der Waals surface area contributed by atoms with Crippen LogP contribution < -0.4 is 16.2 Å². The van der Waals surface area contributed by atoms with Gasteiger partial charge < -0.3 is 15.4 Å². The van der Waals surface area contributed by atoms with Crippen molar-refractivity contribution in [3.63, 3.8) is 0 Å². The zero-order valence-electron chi connectivity index (χ0n) is 9.87. The van der Waals surface area contributed by atoms with E-state index in [0.29, 0.717) is 37.3 Å². The number of nitrogens with two attached hydrogens (primary N) is 1. The Labute approximate surface area is 104 Å². The maximum absolute atomic E-state index is 11.1. The Morgan fingerprint density at radius 3 is 2.67 bits per heavy atom. The lowest BCUT2D eigenvalue weighted by Crippen LogP contribution is -2.36. The molecule has 98 valence electrons. The van der Waals surface area contributed by atoms with Crippen molar-refractivity contribution in [2.75, 3.05) is 23.4 Å². The van der Waals surface area contributed by atoms with Gasteiger partial charge in [0, 0.05) is 13.1 Å². The van der Waals surface area contributed by atoms with Crippen LogP contribution in [-0.4, -0.2) is 29.2 Å². The number of hydrazine groups is 1. The SMILES string of the molecule is NNc1cccc(N2CCC(O)CC2)c1[N+](=O)[O-]. The third kappa shape index (κ3) is 2.36. The normalized spacial score (nSPS) is 16.7. The highest BCUT2D eigenvalue weighted by Gasteiger charge is 2.26. The van der Waals surface area contributed by atoms with Crippen molar-refractivity contribution in [3.8, 4) is 0 Å².